The quantitative estimate of drug-likeness (QED) is 0.0150. The highest BCUT2D eigenvalue weighted by atomic mass is 32.2. The van der Waals surface area contributed by atoms with Crippen molar-refractivity contribution < 1.29 is 52.5 Å². The molecule has 9 aromatic rings. The van der Waals surface area contributed by atoms with Gasteiger partial charge in [-0.3, -0.25) is 8.95 Å². The number of nitriles is 1. The molecular formula is C46H32N10O11S3. The van der Waals surface area contributed by atoms with Gasteiger partial charge in [0.05, 0.1) is 67.5 Å². The minimum atomic E-state index is -4.29. The molecule has 350 valence electrons. The van der Waals surface area contributed by atoms with E-state index < -0.39 is 21.8 Å². The molecule has 21 nitrogen and oxygen atoms in total. The van der Waals surface area contributed by atoms with Crippen molar-refractivity contribution in [1.29, 1.82) is 5.26 Å². The maximum atomic E-state index is 11.8. The Hall–Kier alpha value is -8.28. The normalized spacial score (nSPS) is 12.1. The lowest BCUT2D eigenvalue weighted by Crippen LogP contribution is -2.08. The number of nitrogens with zero attached hydrogens (tertiary/aromatic N) is 10. The number of hydrogen-bond donors (Lipinski definition) is 5. The molecule has 5 N–H and O–H groups in total. The number of carbonyl (C=O) groups is 1. The second-order valence-electron chi connectivity index (χ2n) is 15.0. The fraction of sp³-hybridized carbons (Fsp3) is 0.0870. The number of aryl methyl sites for hydroxylation is 1. The van der Waals surface area contributed by atoms with Crippen LogP contribution in [-0.2, 0) is 19.5 Å². The largest absolute Gasteiger partial charge is 0.505 e. The van der Waals surface area contributed by atoms with Gasteiger partial charge in [-0.1, -0.05) is 58.8 Å². The number of carboxylic acids is 1. The van der Waals surface area contributed by atoms with Crippen LogP contribution in [0.1, 0.15) is 27.9 Å². The zero-order valence-electron chi connectivity index (χ0n) is 35.9. The Kier molecular flexibility index (Phi) is 13.2. The SMILES string of the molecule is Cc1cc(N=Nc2c(SOOO)cc3cc(N=Nc4c(-c5ccccc5)c(C#N)c5nc6ccccc6n5c4O)ccc3c2O)c(OCCCS(=O)(=O)O)cc1N=Nc1nc2ccc(C(=O)O)cc2s1. The number of thiazole rings is 1. The number of ether oxygens (including phenoxy) is 1. The van der Waals surface area contributed by atoms with Gasteiger partial charge in [-0.25, -0.2) is 20.0 Å². The predicted octanol–water partition coefficient (Wildman–Crippen LogP) is 12.5. The van der Waals surface area contributed by atoms with Gasteiger partial charge in [0.1, 0.15) is 28.8 Å². The van der Waals surface area contributed by atoms with Crippen molar-refractivity contribution in [2.45, 2.75) is 18.2 Å². The van der Waals surface area contributed by atoms with Crippen LogP contribution in [-0.4, -0.2) is 66.2 Å². The number of aromatic hydroxyl groups is 2. The van der Waals surface area contributed by atoms with Crippen molar-refractivity contribution in [3.63, 3.8) is 0 Å². The first-order valence-corrected chi connectivity index (χ1v) is 23.6. The minimum Gasteiger partial charge on any atom is -0.505 e. The van der Waals surface area contributed by atoms with Crippen molar-refractivity contribution in [3.8, 4) is 34.6 Å². The van der Waals surface area contributed by atoms with Crippen LogP contribution in [0.4, 0.5) is 33.6 Å². The van der Waals surface area contributed by atoms with Crippen molar-refractivity contribution in [2.24, 2.45) is 30.7 Å². The number of imidazole rings is 1. The first-order chi connectivity index (χ1) is 33.8. The molecule has 3 heterocycles. The summed E-state index contributed by atoms with van der Waals surface area (Å²) in [5.74, 6) is -2.28. The van der Waals surface area contributed by atoms with E-state index in [4.69, 9.17) is 14.3 Å². The summed E-state index contributed by atoms with van der Waals surface area (Å²) in [6.45, 7) is 1.52. The van der Waals surface area contributed by atoms with Crippen LogP contribution in [0.3, 0.4) is 0 Å². The van der Waals surface area contributed by atoms with Crippen molar-refractivity contribution in [2.75, 3.05) is 12.4 Å². The van der Waals surface area contributed by atoms with E-state index in [-0.39, 0.29) is 85.3 Å². The molecule has 0 spiro atoms. The summed E-state index contributed by atoms with van der Waals surface area (Å²) < 4.78 is 44.8. The van der Waals surface area contributed by atoms with E-state index in [0.717, 1.165) is 11.3 Å². The van der Waals surface area contributed by atoms with Crippen LogP contribution < -0.4 is 4.74 Å². The number of benzene rings is 6. The number of azo groups is 3. The summed E-state index contributed by atoms with van der Waals surface area (Å²) in [6, 6.07) is 32.0. The summed E-state index contributed by atoms with van der Waals surface area (Å²) in [6.07, 6.45) is -0.0935. The fourth-order valence-electron chi connectivity index (χ4n) is 7.34. The first-order valence-electron chi connectivity index (χ1n) is 20.5. The van der Waals surface area contributed by atoms with Crippen LogP contribution in [0.5, 0.6) is 17.4 Å². The molecule has 24 heteroatoms. The van der Waals surface area contributed by atoms with E-state index in [2.05, 4.69) is 51.8 Å². The molecule has 9 rings (SSSR count). The summed E-state index contributed by atoms with van der Waals surface area (Å²) in [4.78, 5) is 20.6. The van der Waals surface area contributed by atoms with Crippen molar-refractivity contribution >= 4 is 111 Å². The van der Waals surface area contributed by atoms with Gasteiger partial charge in [-0.2, -0.15) is 18.8 Å². The molecule has 0 amide bonds. The lowest BCUT2D eigenvalue weighted by Gasteiger charge is -2.13. The average Bonchev–Trinajstić information content (AvgIpc) is 3.95. The molecule has 0 fully saturated rings. The molecule has 0 saturated carbocycles. The summed E-state index contributed by atoms with van der Waals surface area (Å²) >= 11 is 1.61. The number of fused-ring (bicyclic) bond motifs is 5. The first kappa shape index (κ1) is 46.8. The molecule has 0 aliphatic heterocycles. The Balaban J connectivity index is 1.07. The van der Waals surface area contributed by atoms with Crippen LogP contribution in [0.2, 0.25) is 0 Å². The summed E-state index contributed by atoms with van der Waals surface area (Å²) in [5.41, 5.74) is 4.09. The Morgan fingerprint density at radius 2 is 1.63 bits per heavy atom. The highest BCUT2D eigenvalue weighted by Crippen LogP contribution is 2.47. The zero-order chi connectivity index (χ0) is 49.1. The number of phenolic OH excluding ortho intramolecular Hbond substituents is 1. The molecule has 0 radical (unpaired) electrons. The molecule has 6 aromatic carbocycles. The molecular weight excluding hydrogens is 965 g/mol. The van der Waals surface area contributed by atoms with Gasteiger partial charge in [-0.15, -0.1) is 29.9 Å². The molecule has 0 aliphatic carbocycles. The molecule has 0 atom stereocenters. The molecule has 0 bridgehead atoms. The fourth-order valence-corrected chi connectivity index (χ4v) is 9.14. The Labute approximate surface area is 402 Å². The number of rotatable bonds is 16. The Bertz CT molecular complexity index is 3800. The second-order valence-corrected chi connectivity index (χ2v) is 18.4. The maximum absolute atomic E-state index is 11.8. The Morgan fingerprint density at radius 1 is 0.857 bits per heavy atom. The van der Waals surface area contributed by atoms with Gasteiger partial charge in [0.15, 0.2) is 17.1 Å². The standard InChI is InChI=1S/C46H32N10O11S3/c1-24-18-34(36(65-16-7-17-70(62,63)64)22-33(24)51-55-46-49-32-15-12-26(45(59)60)20-37(32)68-46)52-53-40-38(69-67-66-61)21-27-19-28(13-14-29(27)42(40)57)50-54-41-39(25-8-3-2-4-9-25)30(23-47)43-48-31-10-5-6-11-35(31)56(43)44(41)58/h2-6,8-15,18-22,57-58,61H,7,16-17H2,1H3,(H,59,60)(H,62,63,64). The van der Waals surface area contributed by atoms with Gasteiger partial charge < -0.3 is 20.1 Å². The van der Waals surface area contributed by atoms with E-state index in [1.165, 1.54) is 22.6 Å². The van der Waals surface area contributed by atoms with Gasteiger partial charge >= 0.3 is 5.97 Å². The predicted molar refractivity (Wildman–Crippen MR) is 258 cm³/mol. The van der Waals surface area contributed by atoms with Crippen LogP contribution in [0.15, 0.2) is 145 Å². The number of para-hydroxylation sites is 2. The van der Waals surface area contributed by atoms with Crippen molar-refractivity contribution in [1.82, 2.24) is 14.4 Å². The third-order valence-electron chi connectivity index (χ3n) is 10.5. The van der Waals surface area contributed by atoms with Gasteiger partial charge in [0, 0.05) is 17.0 Å². The topological polar surface area (TPSA) is 308 Å². The number of aromatic nitrogens is 3. The number of pyridine rings is 1. The number of carboxylic acid groups (broad SMARTS) is 1. The molecule has 3 aromatic heterocycles. The molecule has 0 aliphatic rings. The lowest BCUT2D eigenvalue weighted by molar-refractivity contribution is -0.432. The minimum absolute atomic E-state index is 0.000719. The number of phenols is 1. The summed E-state index contributed by atoms with van der Waals surface area (Å²) in [5, 5.41) is 83.4. The van der Waals surface area contributed by atoms with Crippen molar-refractivity contribution in [3.05, 3.63) is 126 Å². The number of aromatic carboxylic acids is 1. The number of hydrogen-bond acceptors (Lipinski definition) is 20. The molecule has 0 saturated heterocycles. The van der Waals surface area contributed by atoms with Crippen LogP contribution in [0.25, 0.3) is 48.8 Å². The highest BCUT2D eigenvalue weighted by Gasteiger charge is 2.25. The monoisotopic (exact) mass is 996 g/mol. The van der Waals surface area contributed by atoms with Crippen LogP contribution in [0, 0.1) is 18.3 Å². The van der Waals surface area contributed by atoms with Crippen LogP contribution >= 0.6 is 23.4 Å². The Morgan fingerprint density at radius 3 is 2.40 bits per heavy atom. The summed E-state index contributed by atoms with van der Waals surface area (Å²) in [7, 11) is -4.29. The average molecular weight is 997 g/mol. The lowest BCUT2D eigenvalue weighted by atomic mass is 9.99. The third kappa shape index (κ3) is 9.70. The van der Waals surface area contributed by atoms with E-state index in [1.807, 2.05) is 6.07 Å². The molecule has 70 heavy (non-hydrogen) atoms. The second kappa shape index (κ2) is 19.7. The van der Waals surface area contributed by atoms with E-state index in [1.54, 1.807) is 91.9 Å². The van der Waals surface area contributed by atoms with Gasteiger partial charge in [0.25, 0.3) is 10.1 Å². The molecule has 0 unspecified atom stereocenters. The van der Waals surface area contributed by atoms with E-state index in [0.29, 0.717) is 61.1 Å². The maximum Gasteiger partial charge on any atom is 0.335 e. The van der Waals surface area contributed by atoms with E-state index >= 15 is 0 Å². The van der Waals surface area contributed by atoms with Gasteiger partial charge in [-0.05, 0) is 90.5 Å². The van der Waals surface area contributed by atoms with E-state index in [9.17, 15) is 38.3 Å². The van der Waals surface area contributed by atoms with Gasteiger partial charge in [0.2, 0.25) is 11.0 Å². The highest BCUT2D eigenvalue weighted by molar-refractivity contribution is 7.94. The zero-order valence-corrected chi connectivity index (χ0v) is 38.3. The smallest absolute Gasteiger partial charge is 0.335 e. The third-order valence-corrected chi connectivity index (χ3v) is 12.9.